The first kappa shape index (κ1) is 11.8. The van der Waals surface area contributed by atoms with E-state index in [1.807, 2.05) is 31.3 Å². The van der Waals surface area contributed by atoms with Gasteiger partial charge in [-0.05, 0) is 12.5 Å². The standard InChI is InChI=1S/C14H16N4O/c1-18-7-6-12(14(18)19)17-13-9-4-2-3-5-11(9)16-8-10(13)15/h2-5,8,12H,6-7,15H2,1H3,(H,16,17). The van der Waals surface area contributed by atoms with E-state index >= 15 is 0 Å². The van der Waals surface area contributed by atoms with Gasteiger partial charge in [-0.1, -0.05) is 18.2 Å². The lowest BCUT2D eigenvalue weighted by molar-refractivity contribution is -0.127. The normalized spacial score (nSPS) is 19.1. The van der Waals surface area contributed by atoms with Crippen LogP contribution in [0.4, 0.5) is 11.4 Å². The summed E-state index contributed by atoms with van der Waals surface area (Å²) < 4.78 is 0. The Morgan fingerprint density at radius 3 is 2.95 bits per heavy atom. The van der Waals surface area contributed by atoms with Gasteiger partial charge in [-0.2, -0.15) is 0 Å². The van der Waals surface area contributed by atoms with Crippen molar-refractivity contribution in [2.24, 2.45) is 0 Å². The number of nitrogens with one attached hydrogen (secondary N) is 1. The lowest BCUT2D eigenvalue weighted by Gasteiger charge is -2.16. The van der Waals surface area contributed by atoms with Crippen LogP contribution in [-0.2, 0) is 4.79 Å². The molecule has 2 heterocycles. The van der Waals surface area contributed by atoms with E-state index in [-0.39, 0.29) is 11.9 Å². The number of benzene rings is 1. The second-order valence-corrected chi connectivity index (χ2v) is 4.85. The summed E-state index contributed by atoms with van der Waals surface area (Å²) in [5.41, 5.74) is 8.24. The minimum atomic E-state index is -0.196. The Labute approximate surface area is 111 Å². The molecule has 1 unspecified atom stereocenters. The summed E-state index contributed by atoms with van der Waals surface area (Å²) >= 11 is 0. The molecule has 1 atom stereocenters. The maximum absolute atomic E-state index is 12.0. The molecular weight excluding hydrogens is 240 g/mol. The molecule has 1 fully saturated rings. The third kappa shape index (κ3) is 1.97. The number of rotatable bonds is 2. The number of nitrogen functional groups attached to an aromatic ring is 1. The zero-order valence-corrected chi connectivity index (χ0v) is 10.8. The van der Waals surface area contributed by atoms with E-state index in [0.717, 1.165) is 29.6 Å². The number of likely N-dealkylation sites (N-methyl/N-ethyl adjacent to an activating group) is 1. The van der Waals surface area contributed by atoms with E-state index < -0.39 is 0 Å². The summed E-state index contributed by atoms with van der Waals surface area (Å²) in [6.45, 7) is 0.777. The fourth-order valence-electron chi connectivity index (χ4n) is 2.45. The fraction of sp³-hybridized carbons (Fsp3) is 0.286. The molecule has 1 aromatic heterocycles. The average Bonchev–Trinajstić information content (AvgIpc) is 2.74. The minimum Gasteiger partial charge on any atom is -0.396 e. The van der Waals surface area contributed by atoms with Crippen molar-refractivity contribution < 1.29 is 4.79 Å². The van der Waals surface area contributed by atoms with Crippen LogP contribution in [0.1, 0.15) is 6.42 Å². The molecule has 1 aliphatic heterocycles. The number of fused-ring (bicyclic) bond motifs is 1. The number of hydrogen-bond acceptors (Lipinski definition) is 4. The first-order chi connectivity index (χ1) is 9.16. The molecule has 2 aromatic rings. The van der Waals surface area contributed by atoms with Crippen LogP contribution < -0.4 is 11.1 Å². The Kier molecular flexibility index (Phi) is 2.74. The molecule has 0 spiro atoms. The van der Waals surface area contributed by atoms with Gasteiger partial charge in [0.25, 0.3) is 0 Å². The van der Waals surface area contributed by atoms with Crippen molar-refractivity contribution in [3.63, 3.8) is 0 Å². The van der Waals surface area contributed by atoms with Gasteiger partial charge < -0.3 is 16.0 Å². The van der Waals surface area contributed by atoms with Crippen molar-refractivity contribution in [2.45, 2.75) is 12.5 Å². The zero-order chi connectivity index (χ0) is 13.4. The highest BCUT2D eigenvalue weighted by Crippen LogP contribution is 2.29. The van der Waals surface area contributed by atoms with Crippen LogP contribution in [0.5, 0.6) is 0 Å². The van der Waals surface area contributed by atoms with Crippen LogP contribution in [0.3, 0.4) is 0 Å². The molecule has 0 radical (unpaired) electrons. The summed E-state index contributed by atoms with van der Waals surface area (Å²) in [6.07, 6.45) is 2.43. The molecule has 0 aliphatic carbocycles. The maximum atomic E-state index is 12.0. The third-order valence-corrected chi connectivity index (χ3v) is 3.55. The van der Waals surface area contributed by atoms with Gasteiger partial charge in [0.15, 0.2) is 0 Å². The highest BCUT2D eigenvalue weighted by Gasteiger charge is 2.29. The van der Waals surface area contributed by atoms with Crippen LogP contribution in [-0.4, -0.2) is 35.4 Å². The van der Waals surface area contributed by atoms with Crippen molar-refractivity contribution in [2.75, 3.05) is 24.6 Å². The van der Waals surface area contributed by atoms with Crippen LogP contribution >= 0.6 is 0 Å². The number of para-hydroxylation sites is 1. The highest BCUT2D eigenvalue weighted by atomic mass is 16.2. The van der Waals surface area contributed by atoms with Crippen LogP contribution in [0, 0.1) is 0 Å². The molecule has 3 rings (SSSR count). The quantitative estimate of drug-likeness (QED) is 0.853. The molecular formula is C14H16N4O. The van der Waals surface area contributed by atoms with Gasteiger partial charge >= 0.3 is 0 Å². The molecule has 1 amide bonds. The van der Waals surface area contributed by atoms with E-state index in [1.165, 1.54) is 0 Å². The third-order valence-electron chi connectivity index (χ3n) is 3.55. The van der Waals surface area contributed by atoms with Gasteiger partial charge in [-0.25, -0.2) is 0 Å². The first-order valence-electron chi connectivity index (χ1n) is 6.31. The maximum Gasteiger partial charge on any atom is 0.244 e. The average molecular weight is 256 g/mol. The number of nitrogens with two attached hydrogens (primary N) is 1. The summed E-state index contributed by atoms with van der Waals surface area (Å²) in [5.74, 6) is 0.111. The molecule has 19 heavy (non-hydrogen) atoms. The number of hydrogen-bond donors (Lipinski definition) is 2. The molecule has 1 saturated heterocycles. The SMILES string of the molecule is CN1CCC(Nc2c(N)cnc3ccccc23)C1=O. The van der Waals surface area contributed by atoms with E-state index in [0.29, 0.717) is 5.69 Å². The van der Waals surface area contributed by atoms with Gasteiger partial charge in [-0.15, -0.1) is 0 Å². The van der Waals surface area contributed by atoms with Crippen LogP contribution in [0.15, 0.2) is 30.5 Å². The van der Waals surface area contributed by atoms with E-state index in [9.17, 15) is 4.79 Å². The lowest BCUT2D eigenvalue weighted by atomic mass is 10.1. The second-order valence-electron chi connectivity index (χ2n) is 4.85. The molecule has 3 N–H and O–H groups in total. The fourth-order valence-corrected chi connectivity index (χ4v) is 2.45. The predicted molar refractivity (Wildman–Crippen MR) is 75.8 cm³/mol. The number of carbonyl (C=O) groups is 1. The number of amides is 1. The number of carbonyl (C=O) groups excluding carboxylic acids is 1. The summed E-state index contributed by atoms with van der Waals surface area (Å²) in [7, 11) is 1.82. The van der Waals surface area contributed by atoms with E-state index in [2.05, 4.69) is 10.3 Å². The minimum absolute atomic E-state index is 0.111. The van der Waals surface area contributed by atoms with Gasteiger partial charge in [0, 0.05) is 19.0 Å². The number of anilines is 2. The Hall–Kier alpha value is -2.30. The Morgan fingerprint density at radius 1 is 1.42 bits per heavy atom. The Balaban J connectivity index is 2.01. The van der Waals surface area contributed by atoms with Crippen molar-refractivity contribution in [1.29, 1.82) is 0 Å². The molecule has 1 aromatic carbocycles. The molecule has 0 bridgehead atoms. The zero-order valence-electron chi connectivity index (χ0n) is 10.8. The topological polar surface area (TPSA) is 71.2 Å². The smallest absolute Gasteiger partial charge is 0.244 e. The second kappa shape index (κ2) is 4.42. The summed E-state index contributed by atoms with van der Waals surface area (Å²) in [4.78, 5) is 18.0. The van der Waals surface area contributed by atoms with Crippen molar-refractivity contribution in [1.82, 2.24) is 9.88 Å². The molecule has 1 aliphatic rings. The Bertz CT molecular complexity index is 640. The highest BCUT2D eigenvalue weighted by molar-refractivity contribution is 5.99. The lowest BCUT2D eigenvalue weighted by Crippen LogP contribution is -2.31. The molecule has 5 nitrogen and oxygen atoms in total. The van der Waals surface area contributed by atoms with Gasteiger partial charge in [0.05, 0.1) is 23.1 Å². The largest absolute Gasteiger partial charge is 0.396 e. The van der Waals surface area contributed by atoms with Gasteiger partial charge in [0.2, 0.25) is 5.91 Å². The van der Waals surface area contributed by atoms with Gasteiger partial charge in [0.1, 0.15) is 6.04 Å². The van der Waals surface area contributed by atoms with Gasteiger partial charge in [-0.3, -0.25) is 9.78 Å². The number of pyridine rings is 1. The number of nitrogens with zero attached hydrogens (tertiary/aromatic N) is 2. The van der Waals surface area contributed by atoms with E-state index in [1.54, 1.807) is 11.1 Å². The molecule has 0 saturated carbocycles. The summed E-state index contributed by atoms with van der Waals surface area (Å²) in [5, 5.41) is 4.23. The van der Waals surface area contributed by atoms with Crippen molar-refractivity contribution in [3.8, 4) is 0 Å². The van der Waals surface area contributed by atoms with E-state index in [4.69, 9.17) is 5.73 Å². The number of likely N-dealkylation sites (tertiary alicyclic amines) is 1. The summed E-state index contributed by atoms with van der Waals surface area (Å²) in [6, 6.07) is 7.58. The molecule has 5 heteroatoms. The van der Waals surface area contributed by atoms with Crippen molar-refractivity contribution >= 4 is 28.2 Å². The molecule has 98 valence electrons. The van der Waals surface area contributed by atoms with Crippen LogP contribution in [0.2, 0.25) is 0 Å². The predicted octanol–water partition coefficient (Wildman–Crippen LogP) is 1.46. The first-order valence-corrected chi connectivity index (χ1v) is 6.31. The van der Waals surface area contributed by atoms with Crippen LogP contribution in [0.25, 0.3) is 10.9 Å². The monoisotopic (exact) mass is 256 g/mol. The Morgan fingerprint density at radius 2 is 2.21 bits per heavy atom. The number of aromatic nitrogens is 1. The van der Waals surface area contributed by atoms with Crippen molar-refractivity contribution in [3.05, 3.63) is 30.5 Å².